The van der Waals surface area contributed by atoms with Gasteiger partial charge < -0.3 is 4.74 Å². The van der Waals surface area contributed by atoms with Crippen LogP contribution in [0.1, 0.15) is 29.9 Å². The van der Waals surface area contributed by atoms with Gasteiger partial charge in [-0.2, -0.15) is 4.31 Å². The highest BCUT2D eigenvalue weighted by atomic mass is 32.2. The van der Waals surface area contributed by atoms with Crippen molar-refractivity contribution in [1.29, 1.82) is 0 Å². The second kappa shape index (κ2) is 7.43. The molecule has 2 aromatic rings. The smallest absolute Gasteiger partial charge is 0.257 e. The van der Waals surface area contributed by atoms with E-state index in [-0.39, 0.29) is 28.6 Å². The minimum Gasteiger partial charge on any atom is -0.373 e. The number of morpholine rings is 1. The maximum Gasteiger partial charge on any atom is 0.257 e. The van der Waals surface area contributed by atoms with Crippen LogP contribution < -0.4 is 5.32 Å². The first-order chi connectivity index (χ1) is 12.3. The number of ether oxygens (including phenoxy) is 1. The first kappa shape index (κ1) is 19.0. The topological polar surface area (TPSA) is 88.6 Å². The number of carbonyl (C=O) groups excluding carboxylic acids is 1. The molecule has 2 atom stereocenters. The van der Waals surface area contributed by atoms with Crippen LogP contribution in [0.25, 0.3) is 0 Å². The van der Waals surface area contributed by atoms with Gasteiger partial charge in [-0.05, 0) is 39.0 Å². The van der Waals surface area contributed by atoms with E-state index in [4.69, 9.17) is 4.74 Å². The Hall–Kier alpha value is -1.81. The largest absolute Gasteiger partial charge is 0.373 e. The molecule has 0 spiro atoms. The number of nitrogens with one attached hydrogen (secondary N) is 1. The van der Waals surface area contributed by atoms with Gasteiger partial charge in [-0.15, -0.1) is 11.3 Å². The number of carbonyl (C=O) groups is 1. The Morgan fingerprint density at radius 3 is 2.62 bits per heavy atom. The van der Waals surface area contributed by atoms with E-state index in [2.05, 4.69) is 10.3 Å². The summed E-state index contributed by atoms with van der Waals surface area (Å²) >= 11 is 1.32. The summed E-state index contributed by atoms with van der Waals surface area (Å²) in [6.45, 7) is 6.11. The molecule has 3 rings (SSSR count). The minimum absolute atomic E-state index is 0.0989. The summed E-state index contributed by atoms with van der Waals surface area (Å²) in [4.78, 5) is 16.7. The molecule has 1 amide bonds. The first-order valence-corrected chi connectivity index (χ1v) is 10.6. The molecule has 0 aliphatic carbocycles. The van der Waals surface area contributed by atoms with Crippen molar-refractivity contribution in [2.45, 2.75) is 37.9 Å². The second-order valence-corrected chi connectivity index (χ2v) is 9.15. The molecule has 7 nitrogen and oxygen atoms in total. The van der Waals surface area contributed by atoms with Crippen molar-refractivity contribution in [3.63, 3.8) is 0 Å². The fourth-order valence-electron chi connectivity index (χ4n) is 2.85. The van der Waals surface area contributed by atoms with Crippen LogP contribution in [0.15, 0.2) is 34.5 Å². The number of thiazole rings is 1. The summed E-state index contributed by atoms with van der Waals surface area (Å²) in [6.07, 6.45) is -0.346. The number of aryl methyl sites for hydroxylation is 1. The molecular weight excluding hydrogens is 374 g/mol. The summed E-state index contributed by atoms with van der Waals surface area (Å²) in [5.41, 5.74) is 1.09. The first-order valence-electron chi connectivity index (χ1n) is 8.25. The monoisotopic (exact) mass is 395 g/mol. The third kappa shape index (κ3) is 4.12. The lowest BCUT2D eigenvalue weighted by Gasteiger charge is -2.34. The zero-order chi connectivity index (χ0) is 18.9. The molecule has 26 heavy (non-hydrogen) atoms. The number of aromatic nitrogens is 1. The lowest BCUT2D eigenvalue weighted by molar-refractivity contribution is -0.0440. The number of benzene rings is 1. The fraction of sp³-hybridized carbons (Fsp3) is 0.412. The van der Waals surface area contributed by atoms with Gasteiger partial charge in [0.05, 0.1) is 22.8 Å². The lowest BCUT2D eigenvalue weighted by atomic mass is 10.2. The van der Waals surface area contributed by atoms with E-state index in [0.29, 0.717) is 18.2 Å². The van der Waals surface area contributed by atoms with Crippen LogP contribution in [-0.2, 0) is 14.8 Å². The van der Waals surface area contributed by atoms with Crippen LogP contribution in [0.2, 0.25) is 0 Å². The number of amides is 1. The molecule has 1 aromatic heterocycles. The molecule has 1 fully saturated rings. The van der Waals surface area contributed by atoms with Gasteiger partial charge in [0.2, 0.25) is 10.0 Å². The van der Waals surface area contributed by atoms with Crippen LogP contribution in [0, 0.1) is 6.92 Å². The predicted octanol–water partition coefficient (Wildman–Crippen LogP) is 2.50. The molecule has 9 heteroatoms. The molecule has 0 unspecified atom stereocenters. The SMILES string of the molecule is Cc1csc(NC(=O)c2cccc(S(=O)(=O)N3C[C@H](C)O[C@@H](C)C3)c2)n1. The van der Waals surface area contributed by atoms with E-state index in [1.807, 2.05) is 26.2 Å². The Kier molecular flexibility index (Phi) is 5.42. The van der Waals surface area contributed by atoms with Crippen molar-refractivity contribution in [3.8, 4) is 0 Å². The third-order valence-corrected chi connectivity index (χ3v) is 6.66. The summed E-state index contributed by atoms with van der Waals surface area (Å²) in [7, 11) is -3.69. The van der Waals surface area contributed by atoms with Gasteiger partial charge >= 0.3 is 0 Å². The minimum atomic E-state index is -3.69. The number of hydrogen-bond acceptors (Lipinski definition) is 6. The second-order valence-electron chi connectivity index (χ2n) is 6.36. The molecule has 2 heterocycles. The fourth-order valence-corrected chi connectivity index (χ4v) is 5.17. The molecule has 0 radical (unpaired) electrons. The van der Waals surface area contributed by atoms with E-state index in [0.717, 1.165) is 5.69 Å². The molecule has 140 valence electrons. The van der Waals surface area contributed by atoms with Gasteiger partial charge in [0.1, 0.15) is 0 Å². The summed E-state index contributed by atoms with van der Waals surface area (Å²) < 4.78 is 32.9. The molecule has 0 bridgehead atoms. The molecule has 1 N–H and O–H groups in total. The highest BCUT2D eigenvalue weighted by Gasteiger charge is 2.32. The average molecular weight is 396 g/mol. The van der Waals surface area contributed by atoms with Crippen molar-refractivity contribution >= 4 is 32.4 Å². The van der Waals surface area contributed by atoms with Gasteiger partial charge in [-0.3, -0.25) is 10.1 Å². The van der Waals surface area contributed by atoms with Crippen LogP contribution >= 0.6 is 11.3 Å². The van der Waals surface area contributed by atoms with E-state index >= 15 is 0 Å². The van der Waals surface area contributed by atoms with Gasteiger partial charge in [-0.1, -0.05) is 6.07 Å². The Morgan fingerprint density at radius 1 is 1.31 bits per heavy atom. The molecule has 1 aliphatic heterocycles. The van der Waals surface area contributed by atoms with Crippen molar-refractivity contribution in [1.82, 2.24) is 9.29 Å². The van der Waals surface area contributed by atoms with E-state index < -0.39 is 10.0 Å². The zero-order valence-electron chi connectivity index (χ0n) is 14.8. The van der Waals surface area contributed by atoms with E-state index in [9.17, 15) is 13.2 Å². The Morgan fingerprint density at radius 2 is 2.00 bits per heavy atom. The van der Waals surface area contributed by atoms with Crippen molar-refractivity contribution in [2.75, 3.05) is 18.4 Å². The van der Waals surface area contributed by atoms with Crippen molar-refractivity contribution < 1.29 is 17.9 Å². The van der Waals surface area contributed by atoms with Crippen LogP contribution in [0.3, 0.4) is 0 Å². The molecule has 1 aliphatic rings. The van der Waals surface area contributed by atoms with Gasteiger partial charge in [0.15, 0.2) is 5.13 Å². The van der Waals surface area contributed by atoms with E-state index in [1.165, 1.54) is 27.8 Å². The highest BCUT2D eigenvalue weighted by Crippen LogP contribution is 2.22. The standard InChI is InChI=1S/C17H21N3O4S2/c1-11-10-25-17(18-11)19-16(21)14-5-4-6-15(7-14)26(22,23)20-8-12(2)24-13(3)9-20/h4-7,10,12-13H,8-9H2,1-3H3,(H,18,19,21)/t12-,13-/m0/s1. The number of sulfonamides is 1. The maximum absolute atomic E-state index is 12.9. The normalized spacial score (nSPS) is 21.5. The third-order valence-electron chi connectivity index (χ3n) is 3.96. The number of nitrogens with zero attached hydrogens (tertiary/aromatic N) is 2. The quantitative estimate of drug-likeness (QED) is 0.859. The van der Waals surface area contributed by atoms with E-state index in [1.54, 1.807) is 12.1 Å². The van der Waals surface area contributed by atoms with Gasteiger partial charge in [0, 0.05) is 24.0 Å². The summed E-state index contributed by atoms with van der Waals surface area (Å²) in [5, 5.41) is 5.00. The Bertz CT molecular complexity index is 900. The molecule has 1 aromatic carbocycles. The molecule has 1 saturated heterocycles. The number of anilines is 1. The van der Waals surface area contributed by atoms with Crippen LogP contribution in [-0.4, -0.2) is 48.9 Å². The average Bonchev–Trinajstić information content (AvgIpc) is 2.99. The van der Waals surface area contributed by atoms with Crippen molar-refractivity contribution in [3.05, 3.63) is 40.9 Å². The molecular formula is C17H21N3O4S2. The Labute approximate surface area is 157 Å². The number of hydrogen-bond donors (Lipinski definition) is 1. The predicted molar refractivity (Wildman–Crippen MR) is 100 cm³/mol. The highest BCUT2D eigenvalue weighted by molar-refractivity contribution is 7.89. The molecule has 0 saturated carbocycles. The van der Waals surface area contributed by atoms with Crippen molar-refractivity contribution in [2.24, 2.45) is 0 Å². The number of rotatable bonds is 4. The summed E-state index contributed by atoms with van der Waals surface area (Å²) in [6, 6.07) is 6.06. The van der Waals surface area contributed by atoms with Gasteiger partial charge in [0.25, 0.3) is 5.91 Å². The summed E-state index contributed by atoms with van der Waals surface area (Å²) in [5.74, 6) is -0.389. The zero-order valence-corrected chi connectivity index (χ0v) is 16.4. The van der Waals surface area contributed by atoms with Crippen LogP contribution in [0.5, 0.6) is 0 Å². The maximum atomic E-state index is 12.9. The lowest BCUT2D eigenvalue weighted by Crippen LogP contribution is -2.48. The van der Waals surface area contributed by atoms with Gasteiger partial charge in [-0.25, -0.2) is 13.4 Å². The van der Waals surface area contributed by atoms with Crippen LogP contribution in [0.4, 0.5) is 5.13 Å². The Balaban J connectivity index is 1.82.